The van der Waals surface area contributed by atoms with Crippen molar-refractivity contribution in [2.45, 2.75) is 19.3 Å². The fraction of sp³-hybridized carbons (Fsp3) is 0.250. The molecule has 4 nitrogen and oxygen atoms in total. The van der Waals surface area contributed by atoms with Crippen LogP contribution in [0.25, 0.3) is 10.8 Å². The summed E-state index contributed by atoms with van der Waals surface area (Å²) in [4.78, 5) is 12.0. The SMILES string of the molecule is N#CCCCCNC(=O)c1ccc2ccccc2c1O. The molecular formula is C16H16N2O2. The van der Waals surface area contributed by atoms with Gasteiger partial charge in [0.05, 0.1) is 11.6 Å². The van der Waals surface area contributed by atoms with Crippen LogP contribution in [0.4, 0.5) is 0 Å². The molecule has 0 radical (unpaired) electrons. The third kappa shape index (κ3) is 3.07. The number of hydrogen-bond acceptors (Lipinski definition) is 3. The largest absolute Gasteiger partial charge is 0.506 e. The molecule has 0 atom stereocenters. The number of unbranched alkanes of at least 4 members (excludes halogenated alkanes) is 2. The van der Waals surface area contributed by atoms with Gasteiger partial charge in [0.1, 0.15) is 5.75 Å². The lowest BCUT2D eigenvalue weighted by Crippen LogP contribution is -2.24. The van der Waals surface area contributed by atoms with Crippen LogP contribution in [0.15, 0.2) is 36.4 Å². The summed E-state index contributed by atoms with van der Waals surface area (Å²) in [5.74, 6) is -0.275. The molecule has 0 bridgehead atoms. The number of benzene rings is 2. The molecule has 2 aromatic rings. The van der Waals surface area contributed by atoms with Crippen LogP contribution >= 0.6 is 0 Å². The number of phenols is 1. The van der Waals surface area contributed by atoms with Crippen LogP contribution in [-0.4, -0.2) is 17.6 Å². The molecule has 0 spiro atoms. The van der Waals surface area contributed by atoms with E-state index in [-0.39, 0.29) is 17.2 Å². The first kappa shape index (κ1) is 13.9. The maximum Gasteiger partial charge on any atom is 0.255 e. The summed E-state index contributed by atoms with van der Waals surface area (Å²) in [6.45, 7) is 0.507. The first-order valence-corrected chi connectivity index (χ1v) is 6.60. The molecule has 0 unspecified atom stereocenters. The van der Waals surface area contributed by atoms with Crippen LogP contribution < -0.4 is 5.32 Å². The second-order valence-corrected chi connectivity index (χ2v) is 4.55. The molecule has 0 aliphatic rings. The summed E-state index contributed by atoms with van der Waals surface area (Å²) in [6, 6.07) is 12.9. The third-order valence-corrected chi connectivity index (χ3v) is 3.15. The molecule has 0 aliphatic heterocycles. The Balaban J connectivity index is 2.07. The van der Waals surface area contributed by atoms with Gasteiger partial charge in [-0.25, -0.2) is 0 Å². The Morgan fingerprint density at radius 2 is 2.00 bits per heavy atom. The van der Waals surface area contributed by atoms with E-state index in [4.69, 9.17) is 5.26 Å². The van der Waals surface area contributed by atoms with Gasteiger partial charge in [0, 0.05) is 18.4 Å². The van der Waals surface area contributed by atoms with E-state index in [1.54, 1.807) is 12.1 Å². The Hall–Kier alpha value is -2.54. The normalized spacial score (nSPS) is 10.2. The molecule has 20 heavy (non-hydrogen) atoms. The number of nitrogens with one attached hydrogen (secondary N) is 1. The van der Waals surface area contributed by atoms with Crippen LogP contribution in [0.1, 0.15) is 29.6 Å². The van der Waals surface area contributed by atoms with Gasteiger partial charge in [0.15, 0.2) is 0 Å². The van der Waals surface area contributed by atoms with Crippen molar-refractivity contribution < 1.29 is 9.90 Å². The van der Waals surface area contributed by atoms with Gasteiger partial charge in [-0.3, -0.25) is 4.79 Å². The highest BCUT2D eigenvalue weighted by Gasteiger charge is 2.12. The van der Waals surface area contributed by atoms with E-state index >= 15 is 0 Å². The number of fused-ring (bicyclic) bond motifs is 1. The maximum atomic E-state index is 12.0. The Morgan fingerprint density at radius 1 is 1.20 bits per heavy atom. The standard InChI is InChI=1S/C16H16N2O2/c17-10-4-1-5-11-18-16(20)14-9-8-12-6-2-3-7-13(12)15(14)19/h2-3,6-9,19H,1,4-5,11H2,(H,18,20). The minimum absolute atomic E-state index is 0.0117. The number of carbonyl (C=O) groups is 1. The van der Waals surface area contributed by atoms with Gasteiger partial charge in [-0.2, -0.15) is 5.26 Å². The van der Waals surface area contributed by atoms with Gasteiger partial charge in [-0.05, 0) is 24.3 Å². The molecule has 2 aromatic carbocycles. The van der Waals surface area contributed by atoms with Gasteiger partial charge in [0.2, 0.25) is 0 Å². The fourth-order valence-electron chi connectivity index (χ4n) is 2.06. The number of amides is 1. The zero-order chi connectivity index (χ0) is 14.4. The lowest BCUT2D eigenvalue weighted by Gasteiger charge is -2.08. The lowest BCUT2D eigenvalue weighted by atomic mass is 10.0. The van der Waals surface area contributed by atoms with Crippen LogP contribution in [0.2, 0.25) is 0 Å². The second kappa shape index (κ2) is 6.58. The van der Waals surface area contributed by atoms with Crippen molar-refractivity contribution in [2.75, 3.05) is 6.54 Å². The quantitative estimate of drug-likeness (QED) is 0.819. The Kier molecular flexibility index (Phi) is 4.56. The van der Waals surface area contributed by atoms with Gasteiger partial charge in [0.25, 0.3) is 5.91 Å². The van der Waals surface area contributed by atoms with E-state index in [2.05, 4.69) is 11.4 Å². The average molecular weight is 268 g/mol. The summed E-state index contributed by atoms with van der Waals surface area (Å²) < 4.78 is 0. The van der Waals surface area contributed by atoms with Crippen molar-refractivity contribution in [1.82, 2.24) is 5.32 Å². The molecule has 0 saturated heterocycles. The summed E-state index contributed by atoms with van der Waals surface area (Å²) in [5, 5.41) is 22.9. The Bertz CT molecular complexity index is 659. The summed E-state index contributed by atoms with van der Waals surface area (Å²) in [5.41, 5.74) is 0.281. The maximum absolute atomic E-state index is 12.0. The lowest BCUT2D eigenvalue weighted by molar-refractivity contribution is 0.0950. The van der Waals surface area contributed by atoms with E-state index in [0.29, 0.717) is 18.4 Å². The van der Waals surface area contributed by atoms with Crippen molar-refractivity contribution in [3.05, 3.63) is 42.0 Å². The smallest absolute Gasteiger partial charge is 0.255 e. The molecule has 0 fully saturated rings. The van der Waals surface area contributed by atoms with Crippen molar-refractivity contribution >= 4 is 16.7 Å². The van der Waals surface area contributed by atoms with E-state index in [9.17, 15) is 9.90 Å². The minimum atomic E-state index is -0.287. The number of carbonyl (C=O) groups excluding carboxylic acids is 1. The Labute approximate surface area is 117 Å². The van der Waals surface area contributed by atoms with Crippen LogP contribution in [0, 0.1) is 11.3 Å². The second-order valence-electron chi connectivity index (χ2n) is 4.55. The van der Waals surface area contributed by atoms with Crippen molar-refractivity contribution in [3.63, 3.8) is 0 Å². The predicted octanol–water partition coefficient (Wildman–Crippen LogP) is 2.97. The van der Waals surface area contributed by atoms with Crippen molar-refractivity contribution in [1.29, 1.82) is 5.26 Å². The highest BCUT2D eigenvalue weighted by molar-refractivity contribution is 6.03. The van der Waals surface area contributed by atoms with Crippen molar-refractivity contribution in [2.24, 2.45) is 0 Å². The molecule has 0 aromatic heterocycles. The van der Waals surface area contributed by atoms with Crippen molar-refractivity contribution in [3.8, 4) is 11.8 Å². The molecule has 102 valence electrons. The number of hydrogen-bond donors (Lipinski definition) is 2. The zero-order valence-corrected chi connectivity index (χ0v) is 11.1. The molecule has 0 heterocycles. The molecule has 0 aliphatic carbocycles. The van der Waals surface area contributed by atoms with E-state index in [1.165, 1.54) is 0 Å². The summed E-state index contributed by atoms with van der Waals surface area (Å²) in [7, 11) is 0. The molecular weight excluding hydrogens is 252 g/mol. The number of nitriles is 1. The first-order chi connectivity index (χ1) is 9.74. The van der Waals surface area contributed by atoms with Crippen LogP contribution in [0.5, 0.6) is 5.75 Å². The average Bonchev–Trinajstić information content (AvgIpc) is 2.47. The monoisotopic (exact) mass is 268 g/mol. The number of nitrogens with zero attached hydrogens (tertiary/aromatic N) is 1. The van der Waals surface area contributed by atoms with E-state index in [0.717, 1.165) is 18.2 Å². The first-order valence-electron chi connectivity index (χ1n) is 6.60. The van der Waals surface area contributed by atoms with Gasteiger partial charge in [-0.15, -0.1) is 0 Å². The summed E-state index contributed by atoms with van der Waals surface area (Å²) >= 11 is 0. The van der Waals surface area contributed by atoms with E-state index < -0.39 is 0 Å². The topological polar surface area (TPSA) is 73.1 Å². The number of phenolic OH excluding ortho intramolecular Hbond substituents is 1. The summed E-state index contributed by atoms with van der Waals surface area (Å²) in [6.07, 6.45) is 2.02. The molecule has 1 amide bonds. The highest BCUT2D eigenvalue weighted by Crippen LogP contribution is 2.28. The van der Waals surface area contributed by atoms with Gasteiger partial charge >= 0.3 is 0 Å². The number of rotatable bonds is 5. The fourth-order valence-corrected chi connectivity index (χ4v) is 2.06. The van der Waals surface area contributed by atoms with Gasteiger partial charge in [-0.1, -0.05) is 30.3 Å². The molecule has 0 saturated carbocycles. The van der Waals surface area contributed by atoms with Crippen LogP contribution in [0.3, 0.4) is 0 Å². The predicted molar refractivity (Wildman–Crippen MR) is 77.4 cm³/mol. The highest BCUT2D eigenvalue weighted by atomic mass is 16.3. The Morgan fingerprint density at radius 3 is 2.80 bits per heavy atom. The minimum Gasteiger partial charge on any atom is -0.506 e. The number of aromatic hydroxyl groups is 1. The molecule has 4 heteroatoms. The third-order valence-electron chi connectivity index (χ3n) is 3.15. The van der Waals surface area contributed by atoms with Crippen LogP contribution in [-0.2, 0) is 0 Å². The molecule has 2 N–H and O–H groups in total. The van der Waals surface area contributed by atoms with E-state index in [1.807, 2.05) is 24.3 Å². The van der Waals surface area contributed by atoms with Gasteiger partial charge < -0.3 is 10.4 Å². The zero-order valence-electron chi connectivity index (χ0n) is 11.1. The molecule has 2 rings (SSSR count).